The predicted octanol–water partition coefficient (Wildman–Crippen LogP) is 2.62. The monoisotopic (exact) mass is 182 g/mol. The van der Waals surface area contributed by atoms with E-state index < -0.39 is 0 Å². The summed E-state index contributed by atoms with van der Waals surface area (Å²) in [5, 5.41) is 8.79. The van der Waals surface area contributed by atoms with Gasteiger partial charge in [0.1, 0.15) is 5.82 Å². The van der Waals surface area contributed by atoms with Crippen LogP contribution < -0.4 is 0 Å². The van der Waals surface area contributed by atoms with Crippen molar-refractivity contribution in [2.24, 2.45) is 0 Å². The van der Waals surface area contributed by atoms with Gasteiger partial charge in [-0.05, 0) is 22.6 Å². The first-order valence-electron chi connectivity index (χ1n) is 4.35. The van der Waals surface area contributed by atoms with Crippen molar-refractivity contribution < 1.29 is 9.50 Å². The summed E-state index contributed by atoms with van der Waals surface area (Å²) in [5.41, 5.74) is 1.12. The molecule has 1 N–H and O–H groups in total. The largest absolute Gasteiger partial charge is 0.392 e. The van der Waals surface area contributed by atoms with E-state index >= 15 is 0 Å². The molecule has 1 rings (SSSR count). The molecule has 72 valence electrons. The van der Waals surface area contributed by atoms with Gasteiger partial charge in [0.25, 0.3) is 0 Å². The second-order valence-corrected chi connectivity index (χ2v) is 4.22. The fraction of sp³-hybridized carbons (Fsp3) is 0.455. The molecule has 0 saturated carbocycles. The van der Waals surface area contributed by atoms with Crippen LogP contribution in [0.3, 0.4) is 0 Å². The zero-order valence-electron chi connectivity index (χ0n) is 8.26. The second-order valence-electron chi connectivity index (χ2n) is 4.22. The van der Waals surface area contributed by atoms with E-state index in [0.29, 0.717) is 11.1 Å². The van der Waals surface area contributed by atoms with Crippen LogP contribution in [0.25, 0.3) is 0 Å². The van der Waals surface area contributed by atoms with Crippen LogP contribution in [0.1, 0.15) is 31.9 Å². The fourth-order valence-corrected chi connectivity index (χ4v) is 1.27. The smallest absolute Gasteiger partial charge is 0.127 e. The molecule has 0 amide bonds. The van der Waals surface area contributed by atoms with E-state index in [0.717, 1.165) is 0 Å². The Morgan fingerprint density at radius 3 is 2.31 bits per heavy atom. The van der Waals surface area contributed by atoms with E-state index in [1.165, 1.54) is 6.07 Å². The minimum absolute atomic E-state index is 0.110. The van der Waals surface area contributed by atoms with Gasteiger partial charge in [-0.15, -0.1) is 0 Å². The van der Waals surface area contributed by atoms with Crippen molar-refractivity contribution >= 4 is 0 Å². The normalized spacial score (nSPS) is 11.8. The molecule has 1 aromatic rings. The Morgan fingerprint density at radius 2 is 1.92 bits per heavy atom. The molecule has 0 unspecified atom stereocenters. The molecule has 0 aliphatic rings. The summed E-state index contributed by atoms with van der Waals surface area (Å²) in [6.45, 7) is 5.78. The van der Waals surface area contributed by atoms with Gasteiger partial charge >= 0.3 is 0 Å². The lowest BCUT2D eigenvalue weighted by Gasteiger charge is -2.19. The maximum absolute atomic E-state index is 13.4. The molecule has 0 aromatic heterocycles. The predicted molar refractivity (Wildman–Crippen MR) is 51.0 cm³/mol. The lowest BCUT2D eigenvalue weighted by atomic mass is 9.86. The van der Waals surface area contributed by atoms with Gasteiger partial charge < -0.3 is 5.11 Å². The topological polar surface area (TPSA) is 20.2 Å². The highest BCUT2D eigenvalue weighted by atomic mass is 19.1. The molecule has 0 bridgehead atoms. The molecular formula is C11H15FO. The van der Waals surface area contributed by atoms with Gasteiger partial charge in [-0.3, -0.25) is 0 Å². The molecule has 13 heavy (non-hydrogen) atoms. The van der Waals surface area contributed by atoms with Gasteiger partial charge in [-0.2, -0.15) is 0 Å². The number of benzene rings is 1. The van der Waals surface area contributed by atoms with E-state index in [1.807, 2.05) is 20.8 Å². The van der Waals surface area contributed by atoms with Crippen molar-refractivity contribution in [2.45, 2.75) is 32.8 Å². The summed E-state index contributed by atoms with van der Waals surface area (Å²) in [7, 11) is 0. The molecule has 0 saturated heterocycles. The van der Waals surface area contributed by atoms with Crippen LogP contribution in [-0.2, 0) is 12.0 Å². The van der Waals surface area contributed by atoms with Gasteiger partial charge in [0, 0.05) is 0 Å². The van der Waals surface area contributed by atoms with Crippen molar-refractivity contribution in [1.29, 1.82) is 0 Å². The van der Waals surface area contributed by atoms with Crippen molar-refractivity contribution in [2.75, 3.05) is 0 Å². The number of hydrogen-bond acceptors (Lipinski definition) is 1. The van der Waals surface area contributed by atoms with E-state index in [4.69, 9.17) is 5.11 Å². The highest BCUT2D eigenvalue weighted by molar-refractivity contribution is 5.28. The van der Waals surface area contributed by atoms with Crippen molar-refractivity contribution in [3.8, 4) is 0 Å². The van der Waals surface area contributed by atoms with Crippen LogP contribution in [0, 0.1) is 5.82 Å². The second kappa shape index (κ2) is 3.46. The molecule has 0 heterocycles. The van der Waals surface area contributed by atoms with Crippen LogP contribution in [0.15, 0.2) is 18.2 Å². The first-order chi connectivity index (χ1) is 5.95. The van der Waals surface area contributed by atoms with Crippen molar-refractivity contribution in [3.63, 3.8) is 0 Å². The SMILES string of the molecule is CC(C)(C)c1ccc(CO)cc1F. The minimum atomic E-state index is -0.237. The van der Waals surface area contributed by atoms with E-state index in [-0.39, 0.29) is 17.8 Å². The Hall–Kier alpha value is -0.890. The van der Waals surface area contributed by atoms with Crippen molar-refractivity contribution in [1.82, 2.24) is 0 Å². The van der Waals surface area contributed by atoms with Gasteiger partial charge in [-0.25, -0.2) is 4.39 Å². The average Bonchev–Trinajstić information content (AvgIpc) is 2.01. The van der Waals surface area contributed by atoms with Gasteiger partial charge in [0.05, 0.1) is 6.61 Å². The first kappa shape index (κ1) is 10.2. The molecular weight excluding hydrogens is 167 g/mol. The molecule has 1 aromatic carbocycles. The molecule has 2 heteroatoms. The fourth-order valence-electron chi connectivity index (χ4n) is 1.27. The Kier molecular flexibility index (Phi) is 2.71. The molecule has 0 atom stereocenters. The molecule has 0 aliphatic carbocycles. The standard InChI is InChI=1S/C11H15FO/c1-11(2,3)9-5-4-8(7-13)6-10(9)12/h4-6,13H,7H2,1-3H3. The summed E-state index contributed by atoms with van der Waals surface area (Å²) >= 11 is 0. The van der Waals surface area contributed by atoms with E-state index in [2.05, 4.69) is 0 Å². The highest BCUT2D eigenvalue weighted by Gasteiger charge is 2.17. The Balaban J connectivity index is 3.13. The van der Waals surface area contributed by atoms with Crippen LogP contribution >= 0.6 is 0 Å². The molecule has 1 nitrogen and oxygen atoms in total. The average molecular weight is 182 g/mol. The minimum Gasteiger partial charge on any atom is -0.392 e. The van der Waals surface area contributed by atoms with Crippen molar-refractivity contribution in [3.05, 3.63) is 35.1 Å². The maximum atomic E-state index is 13.4. The lowest BCUT2D eigenvalue weighted by Crippen LogP contribution is -2.13. The van der Waals surface area contributed by atoms with Crippen LogP contribution in [0.4, 0.5) is 4.39 Å². The van der Waals surface area contributed by atoms with Gasteiger partial charge in [-0.1, -0.05) is 32.9 Å². The highest BCUT2D eigenvalue weighted by Crippen LogP contribution is 2.25. The molecule has 0 fully saturated rings. The number of aliphatic hydroxyl groups is 1. The summed E-state index contributed by atoms with van der Waals surface area (Å²) in [4.78, 5) is 0. The Bertz CT molecular complexity index is 299. The zero-order chi connectivity index (χ0) is 10.1. The van der Waals surface area contributed by atoms with Gasteiger partial charge in [0.2, 0.25) is 0 Å². The van der Waals surface area contributed by atoms with Crippen LogP contribution in [0.2, 0.25) is 0 Å². The maximum Gasteiger partial charge on any atom is 0.127 e. The van der Waals surface area contributed by atoms with Crippen LogP contribution in [0.5, 0.6) is 0 Å². The number of hydrogen-bond donors (Lipinski definition) is 1. The summed E-state index contributed by atoms with van der Waals surface area (Å²) in [6, 6.07) is 4.88. The Labute approximate surface area is 78.2 Å². The third-order valence-electron chi connectivity index (χ3n) is 2.02. The Morgan fingerprint density at radius 1 is 1.31 bits per heavy atom. The van der Waals surface area contributed by atoms with Crippen LogP contribution in [-0.4, -0.2) is 5.11 Å². The number of aliphatic hydroxyl groups excluding tert-OH is 1. The number of rotatable bonds is 1. The quantitative estimate of drug-likeness (QED) is 0.707. The number of halogens is 1. The van der Waals surface area contributed by atoms with E-state index in [1.54, 1.807) is 12.1 Å². The van der Waals surface area contributed by atoms with Gasteiger partial charge in [0.15, 0.2) is 0 Å². The zero-order valence-corrected chi connectivity index (χ0v) is 8.26. The third kappa shape index (κ3) is 2.28. The molecule has 0 spiro atoms. The molecule has 0 aliphatic heterocycles. The van der Waals surface area contributed by atoms with E-state index in [9.17, 15) is 4.39 Å². The molecule has 0 radical (unpaired) electrons. The first-order valence-corrected chi connectivity index (χ1v) is 4.35. The summed E-state index contributed by atoms with van der Waals surface area (Å²) in [5.74, 6) is -0.237. The summed E-state index contributed by atoms with van der Waals surface area (Å²) in [6.07, 6.45) is 0. The summed E-state index contributed by atoms with van der Waals surface area (Å²) < 4.78 is 13.4. The lowest BCUT2D eigenvalue weighted by molar-refractivity contribution is 0.281. The third-order valence-corrected chi connectivity index (χ3v) is 2.02.